The summed E-state index contributed by atoms with van der Waals surface area (Å²) in [6.45, 7) is 8.11. The smallest absolute Gasteiger partial charge is 0.408 e. The van der Waals surface area contributed by atoms with Crippen molar-refractivity contribution >= 4 is 11.8 Å². The molecule has 2 heterocycles. The average Bonchev–Trinajstić information content (AvgIpc) is 2.59. The standard InChI is InChI=1S/C19H27N3O5/c1-17(2,3)19(13-5-6-15(27-4)14(11-13)22(25)26)18(7-9-20-10-8-18)12-21(19)16(23)24/h5-6,11,20H,7-10,12H2,1-4H3,(H,23,24). The molecule has 2 N–H and O–H groups in total. The number of ether oxygens (including phenoxy) is 1. The first-order chi connectivity index (χ1) is 12.6. The van der Waals surface area contributed by atoms with Gasteiger partial charge in [-0.25, -0.2) is 4.79 Å². The summed E-state index contributed by atoms with van der Waals surface area (Å²) in [6, 6.07) is 4.87. The number of methoxy groups -OCH3 is 1. The maximum Gasteiger partial charge on any atom is 0.408 e. The van der Waals surface area contributed by atoms with Gasteiger partial charge in [-0.3, -0.25) is 15.0 Å². The first-order valence-electron chi connectivity index (χ1n) is 9.15. The predicted molar refractivity (Wildman–Crippen MR) is 100 cm³/mol. The Balaban J connectivity index is 2.27. The summed E-state index contributed by atoms with van der Waals surface area (Å²) in [6.07, 6.45) is 0.662. The van der Waals surface area contributed by atoms with Crippen molar-refractivity contribution in [3.63, 3.8) is 0 Å². The highest BCUT2D eigenvalue weighted by molar-refractivity contribution is 5.70. The second-order valence-corrected chi connectivity index (χ2v) is 8.50. The molecule has 1 atom stereocenters. The van der Waals surface area contributed by atoms with Crippen molar-refractivity contribution in [2.75, 3.05) is 26.7 Å². The number of hydrogen-bond donors (Lipinski definition) is 2. The number of piperidine rings is 1. The highest BCUT2D eigenvalue weighted by Gasteiger charge is 2.71. The zero-order valence-electron chi connectivity index (χ0n) is 16.2. The van der Waals surface area contributed by atoms with E-state index < -0.39 is 22.0 Å². The highest BCUT2D eigenvalue weighted by atomic mass is 16.6. The number of benzene rings is 1. The van der Waals surface area contributed by atoms with Crippen LogP contribution in [-0.4, -0.2) is 47.8 Å². The van der Waals surface area contributed by atoms with Crippen molar-refractivity contribution in [1.82, 2.24) is 10.2 Å². The van der Waals surface area contributed by atoms with Gasteiger partial charge in [-0.1, -0.05) is 26.8 Å². The molecule has 2 saturated heterocycles. The third-order valence-electron chi connectivity index (χ3n) is 6.30. The topological polar surface area (TPSA) is 105 Å². The van der Waals surface area contributed by atoms with Gasteiger partial charge in [0, 0.05) is 18.0 Å². The number of nitro benzene ring substituents is 1. The van der Waals surface area contributed by atoms with Gasteiger partial charge in [0.15, 0.2) is 5.75 Å². The fourth-order valence-electron chi connectivity index (χ4n) is 5.52. The summed E-state index contributed by atoms with van der Waals surface area (Å²) in [5, 5.41) is 24.9. The molecule has 1 aromatic carbocycles. The maximum absolute atomic E-state index is 12.1. The summed E-state index contributed by atoms with van der Waals surface area (Å²) < 4.78 is 5.14. The van der Waals surface area contributed by atoms with Crippen LogP contribution in [0.25, 0.3) is 0 Å². The SMILES string of the molecule is COc1ccc(C2(C(C)(C)C)N(C(=O)O)CC23CCNCC3)cc1[N+](=O)[O-]. The van der Waals surface area contributed by atoms with Crippen molar-refractivity contribution < 1.29 is 19.6 Å². The minimum atomic E-state index is -0.993. The van der Waals surface area contributed by atoms with Gasteiger partial charge in [0.25, 0.3) is 0 Å². The molecular formula is C19H27N3O5. The van der Waals surface area contributed by atoms with Crippen LogP contribution < -0.4 is 10.1 Å². The number of rotatable bonds is 3. The van der Waals surface area contributed by atoms with Gasteiger partial charge in [0.05, 0.1) is 17.6 Å². The molecule has 1 spiro atoms. The molecule has 2 fully saturated rings. The van der Waals surface area contributed by atoms with Crippen LogP contribution in [0.15, 0.2) is 18.2 Å². The number of likely N-dealkylation sites (tertiary alicyclic amines) is 1. The van der Waals surface area contributed by atoms with Gasteiger partial charge in [-0.15, -0.1) is 0 Å². The van der Waals surface area contributed by atoms with Gasteiger partial charge in [-0.05, 0) is 43.0 Å². The van der Waals surface area contributed by atoms with Crippen LogP contribution in [0.5, 0.6) is 5.75 Å². The molecule has 8 nitrogen and oxygen atoms in total. The van der Waals surface area contributed by atoms with Crippen molar-refractivity contribution in [3.05, 3.63) is 33.9 Å². The molecule has 0 bridgehead atoms. The number of hydrogen-bond acceptors (Lipinski definition) is 5. The lowest BCUT2D eigenvalue weighted by molar-refractivity contribution is -0.386. The molecule has 2 aliphatic rings. The Morgan fingerprint density at radius 3 is 2.44 bits per heavy atom. The zero-order valence-corrected chi connectivity index (χ0v) is 16.2. The van der Waals surface area contributed by atoms with E-state index in [1.807, 2.05) is 20.8 Å². The van der Waals surface area contributed by atoms with Crippen LogP contribution in [0.4, 0.5) is 10.5 Å². The highest BCUT2D eigenvalue weighted by Crippen LogP contribution is 2.66. The molecule has 8 heteroatoms. The van der Waals surface area contributed by atoms with E-state index in [0.717, 1.165) is 25.9 Å². The summed E-state index contributed by atoms with van der Waals surface area (Å²) in [5.74, 6) is 0.174. The minimum Gasteiger partial charge on any atom is -0.490 e. The molecule has 3 rings (SSSR count). The van der Waals surface area contributed by atoms with Gasteiger partial charge >= 0.3 is 11.8 Å². The lowest BCUT2D eigenvalue weighted by atomic mass is 9.46. The summed E-state index contributed by atoms with van der Waals surface area (Å²) in [7, 11) is 1.39. The summed E-state index contributed by atoms with van der Waals surface area (Å²) in [5.41, 5.74) is -1.02. The van der Waals surface area contributed by atoms with Gasteiger partial charge in [0.2, 0.25) is 0 Å². The molecule has 27 heavy (non-hydrogen) atoms. The average molecular weight is 377 g/mol. The largest absolute Gasteiger partial charge is 0.490 e. The first kappa shape index (κ1) is 19.4. The molecule has 2 aliphatic heterocycles. The van der Waals surface area contributed by atoms with Crippen molar-refractivity contribution in [3.8, 4) is 5.75 Å². The molecule has 1 unspecified atom stereocenters. The van der Waals surface area contributed by atoms with Crippen LogP contribution in [0.3, 0.4) is 0 Å². The van der Waals surface area contributed by atoms with Crippen molar-refractivity contribution in [2.45, 2.75) is 39.2 Å². The van der Waals surface area contributed by atoms with Crippen molar-refractivity contribution in [2.24, 2.45) is 10.8 Å². The molecule has 0 radical (unpaired) electrons. The third-order valence-corrected chi connectivity index (χ3v) is 6.30. The number of amides is 1. The van der Waals surface area contributed by atoms with E-state index in [1.54, 1.807) is 12.1 Å². The minimum absolute atomic E-state index is 0.139. The van der Waals surface area contributed by atoms with E-state index in [9.17, 15) is 20.0 Å². The number of nitrogens with one attached hydrogen (secondary N) is 1. The van der Waals surface area contributed by atoms with E-state index in [0.29, 0.717) is 12.1 Å². The first-order valence-corrected chi connectivity index (χ1v) is 9.15. The monoisotopic (exact) mass is 377 g/mol. The molecule has 1 aromatic rings. The number of nitrogens with zero attached hydrogens (tertiary/aromatic N) is 2. The van der Waals surface area contributed by atoms with E-state index >= 15 is 0 Å². The maximum atomic E-state index is 12.1. The van der Waals surface area contributed by atoms with Crippen LogP contribution in [-0.2, 0) is 5.54 Å². The molecular weight excluding hydrogens is 350 g/mol. The van der Waals surface area contributed by atoms with Crippen LogP contribution in [0.1, 0.15) is 39.2 Å². The quantitative estimate of drug-likeness (QED) is 0.619. The molecule has 148 valence electrons. The summed E-state index contributed by atoms with van der Waals surface area (Å²) in [4.78, 5) is 24.7. The lowest BCUT2D eigenvalue weighted by Gasteiger charge is -2.71. The predicted octanol–water partition coefficient (Wildman–Crippen LogP) is 3.21. The van der Waals surface area contributed by atoms with Crippen LogP contribution >= 0.6 is 0 Å². The Bertz CT molecular complexity index is 767. The van der Waals surface area contributed by atoms with Gasteiger partial charge in [0.1, 0.15) is 0 Å². The van der Waals surface area contributed by atoms with E-state index in [-0.39, 0.29) is 16.9 Å². The fraction of sp³-hybridized carbons (Fsp3) is 0.632. The molecule has 0 saturated carbocycles. The number of carboxylic acid groups (broad SMARTS) is 1. The lowest BCUT2D eigenvalue weighted by Crippen LogP contribution is -2.79. The van der Waals surface area contributed by atoms with Gasteiger partial charge in [-0.2, -0.15) is 0 Å². The number of nitro groups is 1. The van der Waals surface area contributed by atoms with E-state index in [1.165, 1.54) is 18.1 Å². The van der Waals surface area contributed by atoms with Crippen molar-refractivity contribution in [1.29, 1.82) is 0 Å². The second-order valence-electron chi connectivity index (χ2n) is 8.50. The third kappa shape index (κ3) is 2.57. The zero-order chi connectivity index (χ0) is 20.0. The van der Waals surface area contributed by atoms with Crippen LogP contribution in [0.2, 0.25) is 0 Å². The van der Waals surface area contributed by atoms with E-state index in [4.69, 9.17) is 4.74 Å². The Kier molecular flexibility index (Phi) is 4.58. The van der Waals surface area contributed by atoms with Crippen LogP contribution in [0, 0.1) is 20.9 Å². The summed E-state index contributed by atoms with van der Waals surface area (Å²) >= 11 is 0. The fourth-order valence-corrected chi connectivity index (χ4v) is 5.52. The Hall–Kier alpha value is -2.35. The Morgan fingerprint density at radius 2 is 1.96 bits per heavy atom. The molecule has 1 amide bonds. The molecule has 0 aromatic heterocycles. The molecule has 0 aliphatic carbocycles. The normalized spacial score (nSPS) is 24.4. The number of carbonyl (C=O) groups is 1. The van der Waals surface area contributed by atoms with E-state index in [2.05, 4.69) is 5.32 Å². The Morgan fingerprint density at radius 1 is 1.33 bits per heavy atom. The van der Waals surface area contributed by atoms with Gasteiger partial charge < -0.3 is 15.2 Å². The Labute approximate surface area is 158 Å². The second kappa shape index (κ2) is 6.37.